The highest BCUT2D eigenvalue weighted by Crippen LogP contribution is 2.26. The summed E-state index contributed by atoms with van der Waals surface area (Å²) < 4.78 is 28.6. The summed E-state index contributed by atoms with van der Waals surface area (Å²) in [6.45, 7) is 8.70. The molecule has 0 radical (unpaired) electrons. The minimum absolute atomic E-state index is 0.0768. The number of nitrogens with zero attached hydrogens (tertiary/aromatic N) is 3. The molecule has 0 saturated heterocycles. The van der Waals surface area contributed by atoms with Crippen molar-refractivity contribution in [3.8, 4) is 0 Å². The first-order valence-electron chi connectivity index (χ1n) is 7.08. The predicted octanol–water partition coefficient (Wildman–Crippen LogP) is 1.76. The molecule has 6 nitrogen and oxygen atoms in total. The second kappa shape index (κ2) is 6.58. The summed E-state index contributed by atoms with van der Waals surface area (Å²) in [6, 6.07) is 0. The molecule has 0 aliphatic rings. The van der Waals surface area contributed by atoms with Crippen LogP contribution in [-0.4, -0.2) is 35.6 Å². The maximum atomic E-state index is 12.8. The lowest BCUT2D eigenvalue weighted by molar-refractivity contribution is 0.339. The van der Waals surface area contributed by atoms with Crippen molar-refractivity contribution < 1.29 is 8.42 Å². The van der Waals surface area contributed by atoms with E-state index < -0.39 is 10.0 Å². The summed E-state index contributed by atoms with van der Waals surface area (Å²) in [5, 5.41) is 4.00. The SMILES string of the molecule is CCC(CC)CN(CC)S(=O)(=O)c1c(N)nn(C)c1C. The number of aryl methyl sites for hydroxylation is 1. The third kappa shape index (κ3) is 3.15. The van der Waals surface area contributed by atoms with Crippen molar-refractivity contribution in [3.63, 3.8) is 0 Å². The van der Waals surface area contributed by atoms with Gasteiger partial charge in [0.15, 0.2) is 5.82 Å². The van der Waals surface area contributed by atoms with Gasteiger partial charge in [0, 0.05) is 20.1 Å². The van der Waals surface area contributed by atoms with Gasteiger partial charge in [0.2, 0.25) is 10.0 Å². The fourth-order valence-corrected chi connectivity index (χ4v) is 4.11. The van der Waals surface area contributed by atoms with Crippen LogP contribution in [0, 0.1) is 12.8 Å². The molecule has 0 atom stereocenters. The molecule has 0 bridgehead atoms. The van der Waals surface area contributed by atoms with Crippen molar-refractivity contribution in [1.82, 2.24) is 14.1 Å². The summed E-state index contributed by atoms with van der Waals surface area (Å²) in [5.74, 6) is 0.441. The zero-order valence-corrected chi connectivity index (χ0v) is 13.9. The largest absolute Gasteiger partial charge is 0.381 e. The van der Waals surface area contributed by atoms with E-state index in [4.69, 9.17) is 5.73 Å². The van der Waals surface area contributed by atoms with Crippen LogP contribution in [0.5, 0.6) is 0 Å². The van der Waals surface area contributed by atoms with Crippen LogP contribution in [0.25, 0.3) is 0 Å². The van der Waals surface area contributed by atoms with Crippen molar-refractivity contribution in [3.05, 3.63) is 5.69 Å². The predicted molar refractivity (Wildman–Crippen MR) is 80.9 cm³/mol. The van der Waals surface area contributed by atoms with Gasteiger partial charge in [-0.1, -0.05) is 33.6 Å². The Kier molecular flexibility index (Phi) is 5.59. The molecule has 7 heteroatoms. The summed E-state index contributed by atoms with van der Waals surface area (Å²) in [5.41, 5.74) is 6.35. The molecule has 0 saturated carbocycles. The zero-order chi connectivity index (χ0) is 15.5. The van der Waals surface area contributed by atoms with Gasteiger partial charge < -0.3 is 5.73 Å². The van der Waals surface area contributed by atoms with Crippen molar-refractivity contribution in [1.29, 1.82) is 0 Å². The molecular formula is C13H26N4O2S. The van der Waals surface area contributed by atoms with Gasteiger partial charge in [0.1, 0.15) is 4.90 Å². The van der Waals surface area contributed by atoms with Crippen LogP contribution in [0.15, 0.2) is 4.90 Å². The molecule has 2 N–H and O–H groups in total. The topological polar surface area (TPSA) is 81.2 Å². The van der Waals surface area contributed by atoms with Crippen molar-refractivity contribution in [2.45, 2.75) is 45.4 Å². The average Bonchev–Trinajstić information content (AvgIpc) is 2.64. The van der Waals surface area contributed by atoms with Crippen LogP contribution in [0.4, 0.5) is 5.82 Å². The van der Waals surface area contributed by atoms with E-state index in [1.165, 1.54) is 8.99 Å². The molecule has 0 aliphatic heterocycles. The van der Waals surface area contributed by atoms with E-state index in [1.54, 1.807) is 14.0 Å². The van der Waals surface area contributed by atoms with E-state index in [0.29, 0.717) is 24.7 Å². The van der Waals surface area contributed by atoms with Gasteiger partial charge in [0.25, 0.3) is 0 Å². The number of aromatic nitrogens is 2. The first-order chi connectivity index (χ1) is 9.29. The molecular weight excluding hydrogens is 276 g/mol. The van der Waals surface area contributed by atoms with E-state index in [0.717, 1.165) is 12.8 Å². The van der Waals surface area contributed by atoms with Crippen LogP contribution < -0.4 is 5.73 Å². The minimum Gasteiger partial charge on any atom is -0.381 e. The van der Waals surface area contributed by atoms with E-state index in [9.17, 15) is 8.42 Å². The molecule has 116 valence electrons. The van der Waals surface area contributed by atoms with Gasteiger partial charge in [-0.05, 0) is 12.8 Å². The molecule has 0 unspecified atom stereocenters. The van der Waals surface area contributed by atoms with Crippen LogP contribution in [0.3, 0.4) is 0 Å². The Hall–Kier alpha value is -1.08. The highest BCUT2D eigenvalue weighted by molar-refractivity contribution is 7.89. The molecule has 0 aliphatic carbocycles. The molecule has 0 aromatic carbocycles. The normalized spacial score (nSPS) is 12.6. The van der Waals surface area contributed by atoms with Crippen LogP contribution in [0.2, 0.25) is 0 Å². The Morgan fingerprint density at radius 3 is 2.20 bits per heavy atom. The summed E-state index contributed by atoms with van der Waals surface area (Å²) in [6.07, 6.45) is 1.92. The van der Waals surface area contributed by atoms with Gasteiger partial charge in [0.05, 0.1) is 5.69 Å². The molecule has 20 heavy (non-hydrogen) atoms. The second-order valence-electron chi connectivity index (χ2n) is 5.06. The zero-order valence-electron chi connectivity index (χ0n) is 13.0. The van der Waals surface area contributed by atoms with Crippen molar-refractivity contribution >= 4 is 15.8 Å². The fraction of sp³-hybridized carbons (Fsp3) is 0.769. The van der Waals surface area contributed by atoms with Crippen molar-refractivity contribution in [2.75, 3.05) is 18.8 Å². The Morgan fingerprint density at radius 2 is 1.85 bits per heavy atom. The third-order valence-corrected chi connectivity index (χ3v) is 5.98. The van der Waals surface area contributed by atoms with E-state index in [-0.39, 0.29) is 10.7 Å². The summed E-state index contributed by atoms with van der Waals surface area (Å²) in [7, 11) is -1.89. The molecule has 0 amide bonds. The number of hydrogen-bond donors (Lipinski definition) is 1. The minimum atomic E-state index is -3.58. The van der Waals surface area contributed by atoms with Crippen LogP contribution >= 0.6 is 0 Å². The van der Waals surface area contributed by atoms with E-state index in [2.05, 4.69) is 18.9 Å². The second-order valence-corrected chi connectivity index (χ2v) is 6.94. The first kappa shape index (κ1) is 17.0. The molecule has 1 heterocycles. The Bertz CT molecular complexity index is 547. The maximum Gasteiger partial charge on any atom is 0.248 e. The highest BCUT2D eigenvalue weighted by Gasteiger charge is 2.31. The quantitative estimate of drug-likeness (QED) is 0.832. The lowest BCUT2D eigenvalue weighted by Crippen LogP contribution is -2.35. The molecule has 1 aromatic rings. The Balaban J connectivity index is 3.19. The summed E-state index contributed by atoms with van der Waals surface area (Å²) >= 11 is 0. The lowest BCUT2D eigenvalue weighted by atomic mass is 10.0. The Labute approximate surface area is 122 Å². The van der Waals surface area contributed by atoms with E-state index in [1.807, 2.05) is 6.92 Å². The number of nitrogen functional groups attached to an aromatic ring is 1. The molecule has 0 fully saturated rings. The third-order valence-electron chi connectivity index (χ3n) is 3.87. The molecule has 1 aromatic heterocycles. The van der Waals surface area contributed by atoms with E-state index >= 15 is 0 Å². The number of anilines is 1. The van der Waals surface area contributed by atoms with Gasteiger partial charge >= 0.3 is 0 Å². The molecule has 1 rings (SSSR count). The number of sulfonamides is 1. The number of nitrogens with two attached hydrogens (primary N) is 1. The fourth-order valence-electron chi connectivity index (χ4n) is 2.29. The van der Waals surface area contributed by atoms with Gasteiger partial charge in [-0.25, -0.2) is 8.42 Å². The molecule has 0 spiro atoms. The Morgan fingerprint density at radius 1 is 1.30 bits per heavy atom. The number of rotatable bonds is 7. The van der Waals surface area contributed by atoms with Gasteiger partial charge in [-0.15, -0.1) is 0 Å². The van der Waals surface area contributed by atoms with Crippen molar-refractivity contribution in [2.24, 2.45) is 13.0 Å². The summed E-state index contributed by atoms with van der Waals surface area (Å²) in [4.78, 5) is 0.146. The van der Waals surface area contributed by atoms with Crippen LogP contribution in [0.1, 0.15) is 39.3 Å². The maximum absolute atomic E-state index is 12.8. The van der Waals surface area contributed by atoms with Gasteiger partial charge in [-0.2, -0.15) is 9.40 Å². The number of hydrogen-bond acceptors (Lipinski definition) is 4. The standard InChI is InChI=1S/C13H26N4O2S/c1-6-11(7-2)9-17(8-3)20(18,19)12-10(4)16(5)15-13(12)14/h11H,6-9H2,1-5H3,(H2,14,15). The first-order valence-corrected chi connectivity index (χ1v) is 8.52. The lowest BCUT2D eigenvalue weighted by Gasteiger charge is -2.24. The monoisotopic (exact) mass is 302 g/mol. The average molecular weight is 302 g/mol. The van der Waals surface area contributed by atoms with Crippen LogP contribution in [-0.2, 0) is 17.1 Å². The van der Waals surface area contributed by atoms with Gasteiger partial charge in [-0.3, -0.25) is 4.68 Å². The smallest absolute Gasteiger partial charge is 0.248 e. The highest BCUT2D eigenvalue weighted by atomic mass is 32.2.